The number of ether oxygens (including phenoxy) is 1. The number of hydrogen-bond donors (Lipinski definition) is 1. The first-order valence-electron chi connectivity index (χ1n) is 9.18. The average Bonchev–Trinajstić information content (AvgIpc) is 3.10. The van der Waals surface area contributed by atoms with Crippen molar-refractivity contribution in [2.75, 3.05) is 13.7 Å². The Morgan fingerprint density at radius 2 is 1.96 bits per heavy atom. The first-order chi connectivity index (χ1) is 12.8. The van der Waals surface area contributed by atoms with Gasteiger partial charge in [-0.3, -0.25) is 4.79 Å². The minimum atomic E-state index is -0.186. The van der Waals surface area contributed by atoms with Crippen LogP contribution in [0.5, 0.6) is 5.75 Å². The van der Waals surface area contributed by atoms with Crippen molar-refractivity contribution in [2.24, 2.45) is 0 Å². The van der Waals surface area contributed by atoms with Crippen LogP contribution in [-0.4, -0.2) is 34.2 Å². The Morgan fingerprint density at radius 3 is 2.63 bits per heavy atom. The molecule has 0 atom stereocenters. The Hall–Kier alpha value is -2.89. The Kier molecular flexibility index (Phi) is 5.17. The van der Waals surface area contributed by atoms with Crippen molar-refractivity contribution in [2.45, 2.75) is 39.5 Å². The van der Waals surface area contributed by atoms with E-state index in [-0.39, 0.29) is 11.3 Å². The van der Waals surface area contributed by atoms with Crippen LogP contribution in [0.3, 0.4) is 0 Å². The van der Waals surface area contributed by atoms with E-state index in [1.807, 2.05) is 37.3 Å². The lowest BCUT2D eigenvalue weighted by atomic mass is 9.93. The first-order valence-corrected chi connectivity index (χ1v) is 9.18. The number of benzene rings is 1. The zero-order chi connectivity index (χ0) is 19.6. The van der Waals surface area contributed by atoms with Gasteiger partial charge in [0.25, 0.3) is 5.91 Å². The van der Waals surface area contributed by atoms with E-state index in [9.17, 15) is 4.79 Å². The zero-order valence-corrected chi connectivity index (χ0v) is 16.5. The van der Waals surface area contributed by atoms with Crippen LogP contribution in [-0.2, 0) is 5.41 Å². The summed E-state index contributed by atoms with van der Waals surface area (Å²) >= 11 is 0. The number of aromatic nitrogens is 3. The van der Waals surface area contributed by atoms with E-state index in [1.54, 1.807) is 17.7 Å². The van der Waals surface area contributed by atoms with Crippen LogP contribution in [0.2, 0.25) is 0 Å². The molecule has 0 fully saturated rings. The molecule has 0 bridgehead atoms. The molecule has 0 saturated carbocycles. The third-order valence-corrected chi connectivity index (χ3v) is 4.35. The standard InChI is InChI=1S/C21H26N4O2/c1-6-11-22-20(26)15-12-16(14-9-7-8-10-17(14)27-5)25-19(23-15)13-18(24-25)21(2,3)4/h7-10,12-13H,6,11H2,1-5H3,(H,22,26). The molecule has 27 heavy (non-hydrogen) atoms. The molecule has 0 aliphatic rings. The topological polar surface area (TPSA) is 68.5 Å². The molecule has 0 unspecified atom stereocenters. The molecule has 2 heterocycles. The minimum Gasteiger partial charge on any atom is -0.496 e. The van der Waals surface area contributed by atoms with Crippen molar-refractivity contribution in [3.8, 4) is 17.0 Å². The molecule has 6 heteroatoms. The molecule has 142 valence electrons. The monoisotopic (exact) mass is 366 g/mol. The molecule has 1 amide bonds. The number of rotatable bonds is 5. The normalized spacial score (nSPS) is 11.6. The summed E-state index contributed by atoms with van der Waals surface area (Å²) in [6.45, 7) is 8.94. The quantitative estimate of drug-likeness (QED) is 0.745. The fraction of sp³-hybridized carbons (Fsp3) is 0.381. The molecule has 0 saturated heterocycles. The summed E-state index contributed by atoms with van der Waals surface area (Å²) in [6.07, 6.45) is 0.869. The van der Waals surface area contributed by atoms with Gasteiger partial charge in [0, 0.05) is 23.6 Å². The maximum Gasteiger partial charge on any atom is 0.270 e. The lowest BCUT2D eigenvalue weighted by Gasteiger charge is -2.14. The van der Waals surface area contributed by atoms with Crippen LogP contribution >= 0.6 is 0 Å². The fourth-order valence-corrected chi connectivity index (χ4v) is 2.83. The third-order valence-electron chi connectivity index (χ3n) is 4.35. The molecular weight excluding hydrogens is 340 g/mol. The third kappa shape index (κ3) is 3.79. The molecule has 0 spiro atoms. The van der Waals surface area contributed by atoms with Crippen LogP contribution in [0, 0.1) is 0 Å². The van der Waals surface area contributed by atoms with Gasteiger partial charge in [-0.05, 0) is 24.6 Å². The predicted octanol–water partition coefficient (Wildman–Crippen LogP) is 3.84. The molecule has 0 aliphatic heterocycles. The van der Waals surface area contributed by atoms with E-state index in [0.717, 1.165) is 29.1 Å². The Balaban J connectivity index is 2.25. The van der Waals surface area contributed by atoms with Crippen LogP contribution in [0.15, 0.2) is 36.4 Å². The number of para-hydroxylation sites is 1. The van der Waals surface area contributed by atoms with Gasteiger partial charge in [-0.1, -0.05) is 39.8 Å². The molecule has 3 aromatic rings. The Bertz CT molecular complexity index is 970. The van der Waals surface area contributed by atoms with Crippen LogP contribution in [0.1, 0.15) is 50.3 Å². The van der Waals surface area contributed by atoms with Crippen molar-refractivity contribution in [3.05, 3.63) is 47.8 Å². The molecule has 0 aliphatic carbocycles. The highest BCUT2D eigenvalue weighted by Crippen LogP contribution is 2.31. The highest BCUT2D eigenvalue weighted by molar-refractivity contribution is 5.94. The van der Waals surface area contributed by atoms with Gasteiger partial charge >= 0.3 is 0 Å². The van der Waals surface area contributed by atoms with E-state index >= 15 is 0 Å². The molecule has 6 nitrogen and oxygen atoms in total. The van der Waals surface area contributed by atoms with Crippen molar-refractivity contribution >= 4 is 11.6 Å². The summed E-state index contributed by atoms with van der Waals surface area (Å²) in [5.41, 5.74) is 3.44. The number of methoxy groups -OCH3 is 1. The number of carbonyl (C=O) groups is 1. The summed E-state index contributed by atoms with van der Waals surface area (Å²) in [6, 6.07) is 11.4. The lowest BCUT2D eigenvalue weighted by molar-refractivity contribution is 0.0949. The smallest absolute Gasteiger partial charge is 0.270 e. The number of carbonyl (C=O) groups excluding carboxylic acids is 1. The summed E-state index contributed by atoms with van der Waals surface area (Å²) in [4.78, 5) is 17.1. The van der Waals surface area contributed by atoms with Crippen molar-refractivity contribution in [3.63, 3.8) is 0 Å². The molecule has 0 radical (unpaired) electrons. The van der Waals surface area contributed by atoms with Gasteiger partial charge < -0.3 is 10.1 Å². The van der Waals surface area contributed by atoms with Crippen LogP contribution in [0.25, 0.3) is 16.9 Å². The van der Waals surface area contributed by atoms with Crippen LogP contribution < -0.4 is 10.1 Å². The van der Waals surface area contributed by atoms with Crippen molar-refractivity contribution in [1.82, 2.24) is 19.9 Å². The average molecular weight is 366 g/mol. The summed E-state index contributed by atoms with van der Waals surface area (Å²) in [5.74, 6) is 0.534. The van der Waals surface area contributed by atoms with Gasteiger partial charge in [-0.25, -0.2) is 9.50 Å². The Morgan fingerprint density at radius 1 is 1.22 bits per heavy atom. The molecule has 2 aromatic heterocycles. The molecule has 3 rings (SSSR count). The zero-order valence-electron chi connectivity index (χ0n) is 16.5. The SMILES string of the molecule is CCCNC(=O)c1cc(-c2ccccc2OC)n2nc(C(C)(C)C)cc2n1. The van der Waals surface area contributed by atoms with Gasteiger partial charge in [0.05, 0.1) is 18.5 Å². The van der Waals surface area contributed by atoms with Gasteiger partial charge in [-0.2, -0.15) is 5.10 Å². The lowest BCUT2D eigenvalue weighted by Crippen LogP contribution is -2.25. The van der Waals surface area contributed by atoms with Crippen molar-refractivity contribution < 1.29 is 9.53 Å². The number of nitrogens with zero attached hydrogens (tertiary/aromatic N) is 3. The van der Waals surface area contributed by atoms with Crippen LogP contribution in [0.4, 0.5) is 0 Å². The fourth-order valence-electron chi connectivity index (χ4n) is 2.83. The highest BCUT2D eigenvalue weighted by Gasteiger charge is 2.22. The minimum absolute atomic E-state index is 0.129. The highest BCUT2D eigenvalue weighted by atomic mass is 16.5. The van der Waals surface area contributed by atoms with Gasteiger partial charge in [0.1, 0.15) is 11.4 Å². The molecule has 1 N–H and O–H groups in total. The van der Waals surface area contributed by atoms with E-state index in [1.165, 1.54) is 0 Å². The molecule has 1 aromatic carbocycles. The van der Waals surface area contributed by atoms with Gasteiger partial charge in [-0.15, -0.1) is 0 Å². The second kappa shape index (κ2) is 7.39. The second-order valence-corrected chi connectivity index (χ2v) is 7.53. The number of fused-ring (bicyclic) bond motifs is 1. The van der Waals surface area contributed by atoms with Crippen molar-refractivity contribution in [1.29, 1.82) is 0 Å². The number of amides is 1. The van der Waals surface area contributed by atoms with E-state index in [4.69, 9.17) is 9.84 Å². The second-order valence-electron chi connectivity index (χ2n) is 7.53. The first kappa shape index (κ1) is 18.9. The van der Waals surface area contributed by atoms with E-state index in [2.05, 4.69) is 31.1 Å². The largest absolute Gasteiger partial charge is 0.496 e. The summed E-state index contributed by atoms with van der Waals surface area (Å²) in [5, 5.41) is 7.66. The van der Waals surface area contributed by atoms with Gasteiger partial charge in [0.15, 0.2) is 5.65 Å². The van der Waals surface area contributed by atoms with Gasteiger partial charge in [0.2, 0.25) is 0 Å². The maximum absolute atomic E-state index is 12.6. The predicted molar refractivity (Wildman–Crippen MR) is 106 cm³/mol. The Labute approximate surface area is 159 Å². The number of hydrogen-bond acceptors (Lipinski definition) is 4. The summed E-state index contributed by atoms with van der Waals surface area (Å²) in [7, 11) is 1.63. The summed E-state index contributed by atoms with van der Waals surface area (Å²) < 4.78 is 7.31. The van der Waals surface area contributed by atoms with E-state index < -0.39 is 0 Å². The number of nitrogens with one attached hydrogen (secondary N) is 1. The maximum atomic E-state index is 12.6. The molecular formula is C21H26N4O2. The van der Waals surface area contributed by atoms with E-state index in [0.29, 0.717) is 17.9 Å².